The fourth-order valence-electron chi connectivity index (χ4n) is 2.15. The average Bonchev–Trinajstić information content (AvgIpc) is 2.56. The normalized spacial score (nSPS) is 23.1. The molecule has 6 heteroatoms. The number of carbonyl (C=O) groups is 2. The van der Waals surface area contributed by atoms with E-state index in [0.717, 1.165) is 5.69 Å². The van der Waals surface area contributed by atoms with E-state index in [1.165, 1.54) is 4.90 Å². The summed E-state index contributed by atoms with van der Waals surface area (Å²) in [6.45, 7) is 5.55. The van der Waals surface area contributed by atoms with E-state index >= 15 is 0 Å². The first-order valence-electron chi connectivity index (χ1n) is 6.31. The van der Waals surface area contributed by atoms with E-state index in [9.17, 15) is 9.59 Å². The molecule has 0 spiro atoms. The molecule has 1 aliphatic heterocycles. The Morgan fingerprint density at radius 3 is 2.32 bits per heavy atom. The molecule has 0 radical (unpaired) electrons. The number of imide groups is 1. The first-order chi connectivity index (χ1) is 8.93. The largest absolute Gasteiger partial charge is 0.373 e. The van der Waals surface area contributed by atoms with Crippen LogP contribution >= 0.6 is 0 Å². The molecule has 1 aliphatic rings. The topological polar surface area (TPSA) is 75.2 Å². The predicted octanol–water partition coefficient (Wildman–Crippen LogP) is 0.968. The van der Waals surface area contributed by atoms with Crippen LogP contribution < -0.4 is 5.32 Å². The van der Waals surface area contributed by atoms with Crippen LogP contribution in [-0.4, -0.2) is 33.7 Å². The van der Waals surface area contributed by atoms with E-state index in [-0.39, 0.29) is 30.2 Å². The number of carbonyl (C=O) groups excluding carboxylic acids is 2. The highest BCUT2D eigenvalue weighted by molar-refractivity contribution is 6.04. The molecule has 1 fully saturated rings. The summed E-state index contributed by atoms with van der Waals surface area (Å²) in [5.41, 5.74) is 0.801. The molecule has 0 bridgehead atoms. The van der Waals surface area contributed by atoms with E-state index in [1.54, 1.807) is 20.9 Å². The van der Waals surface area contributed by atoms with E-state index in [1.807, 2.05) is 13.0 Å². The van der Waals surface area contributed by atoms with Crippen LogP contribution in [0.2, 0.25) is 0 Å². The van der Waals surface area contributed by atoms with Crippen molar-refractivity contribution in [2.75, 3.05) is 12.4 Å². The van der Waals surface area contributed by atoms with E-state index in [0.29, 0.717) is 11.6 Å². The van der Waals surface area contributed by atoms with Crippen LogP contribution in [0.3, 0.4) is 0 Å². The maximum atomic E-state index is 12.0. The van der Waals surface area contributed by atoms with Gasteiger partial charge in [0.2, 0.25) is 11.8 Å². The molecule has 2 rings (SSSR count). The van der Waals surface area contributed by atoms with Crippen LogP contribution in [0.4, 0.5) is 5.82 Å². The Hall–Kier alpha value is -1.98. The van der Waals surface area contributed by atoms with Gasteiger partial charge in [0.15, 0.2) is 5.82 Å². The van der Waals surface area contributed by atoms with E-state index in [4.69, 9.17) is 0 Å². The number of hydrogen-bond acceptors (Lipinski definition) is 5. The fraction of sp³-hybridized carbons (Fsp3) is 0.538. The minimum atomic E-state index is -0.263. The lowest BCUT2D eigenvalue weighted by Crippen LogP contribution is -2.31. The Morgan fingerprint density at radius 1 is 1.21 bits per heavy atom. The Bertz CT molecular complexity index is 509. The molecule has 1 aromatic heterocycles. The number of hydrogen-bond donors (Lipinski definition) is 1. The zero-order chi connectivity index (χ0) is 14.2. The van der Waals surface area contributed by atoms with Crippen molar-refractivity contribution in [1.29, 1.82) is 0 Å². The lowest BCUT2D eigenvalue weighted by Gasteiger charge is -2.14. The van der Waals surface area contributed by atoms with Crippen LogP contribution in [0.15, 0.2) is 6.07 Å². The van der Waals surface area contributed by atoms with Gasteiger partial charge in [0.05, 0.1) is 6.54 Å². The van der Waals surface area contributed by atoms with Crippen LogP contribution in [0.25, 0.3) is 0 Å². The molecular weight excluding hydrogens is 244 g/mol. The summed E-state index contributed by atoms with van der Waals surface area (Å²) in [5.74, 6) is 0.347. The highest BCUT2D eigenvalue weighted by atomic mass is 16.2. The number of rotatable bonds is 3. The fourth-order valence-corrected chi connectivity index (χ4v) is 2.15. The summed E-state index contributed by atoms with van der Waals surface area (Å²) in [4.78, 5) is 33.8. The molecule has 0 saturated carbocycles. The third-order valence-electron chi connectivity index (χ3n) is 3.52. The van der Waals surface area contributed by atoms with Crippen molar-refractivity contribution in [2.45, 2.75) is 27.3 Å². The lowest BCUT2D eigenvalue weighted by molar-refractivity contribution is -0.140. The van der Waals surface area contributed by atoms with Crippen molar-refractivity contribution < 1.29 is 9.59 Å². The molecule has 102 valence electrons. The van der Waals surface area contributed by atoms with Gasteiger partial charge in [-0.2, -0.15) is 0 Å². The molecule has 1 aromatic rings. The average molecular weight is 262 g/mol. The van der Waals surface area contributed by atoms with E-state index < -0.39 is 0 Å². The summed E-state index contributed by atoms with van der Waals surface area (Å²) in [5, 5.41) is 2.93. The summed E-state index contributed by atoms with van der Waals surface area (Å²) in [6, 6.07) is 1.81. The molecule has 6 nitrogen and oxygen atoms in total. The maximum absolute atomic E-state index is 12.0. The number of aryl methyl sites for hydroxylation is 1. The molecule has 1 N–H and O–H groups in total. The van der Waals surface area contributed by atoms with Crippen molar-refractivity contribution >= 4 is 17.6 Å². The number of amides is 2. The standard InChI is InChI=1S/C13H18N4O2/c1-7-5-10(14-4)16-11(15-7)6-17-12(18)8(2)9(3)13(17)19/h5,8-9H,6H2,1-4H3,(H,14,15,16). The van der Waals surface area contributed by atoms with Crippen molar-refractivity contribution in [3.63, 3.8) is 0 Å². The Morgan fingerprint density at radius 2 is 1.79 bits per heavy atom. The Balaban J connectivity index is 2.24. The predicted molar refractivity (Wildman–Crippen MR) is 70.2 cm³/mol. The van der Waals surface area contributed by atoms with Gasteiger partial charge in [-0.1, -0.05) is 13.8 Å². The minimum absolute atomic E-state index is 0.142. The molecule has 2 unspecified atom stereocenters. The third kappa shape index (κ3) is 2.43. The second kappa shape index (κ2) is 4.95. The van der Waals surface area contributed by atoms with Gasteiger partial charge in [0.25, 0.3) is 0 Å². The van der Waals surface area contributed by atoms with Gasteiger partial charge in [0.1, 0.15) is 5.82 Å². The van der Waals surface area contributed by atoms with E-state index in [2.05, 4.69) is 15.3 Å². The molecule has 0 aromatic carbocycles. The lowest BCUT2D eigenvalue weighted by atomic mass is 10.00. The van der Waals surface area contributed by atoms with Crippen LogP contribution in [-0.2, 0) is 16.1 Å². The van der Waals surface area contributed by atoms with Crippen LogP contribution in [0, 0.1) is 18.8 Å². The smallest absolute Gasteiger partial charge is 0.233 e. The molecule has 2 heterocycles. The Kier molecular flexibility index (Phi) is 3.50. The number of nitrogens with one attached hydrogen (secondary N) is 1. The van der Waals surface area contributed by atoms with Gasteiger partial charge in [-0.3, -0.25) is 14.5 Å². The van der Waals surface area contributed by atoms with Crippen molar-refractivity contribution in [2.24, 2.45) is 11.8 Å². The van der Waals surface area contributed by atoms with Gasteiger partial charge < -0.3 is 5.32 Å². The summed E-state index contributed by atoms with van der Waals surface area (Å²) < 4.78 is 0. The zero-order valence-corrected chi connectivity index (χ0v) is 11.6. The highest BCUT2D eigenvalue weighted by Gasteiger charge is 2.42. The summed E-state index contributed by atoms with van der Waals surface area (Å²) >= 11 is 0. The van der Waals surface area contributed by atoms with Crippen LogP contribution in [0.5, 0.6) is 0 Å². The minimum Gasteiger partial charge on any atom is -0.373 e. The first-order valence-corrected chi connectivity index (χ1v) is 6.31. The number of likely N-dealkylation sites (tertiary alicyclic amines) is 1. The molecule has 2 atom stereocenters. The monoisotopic (exact) mass is 262 g/mol. The first kappa shape index (κ1) is 13.5. The highest BCUT2D eigenvalue weighted by Crippen LogP contribution is 2.26. The molecular formula is C13H18N4O2. The molecule has 2 amide bonds. The second-order valence-corrected chi connectivity index (χ2v) is 4.90. The third-order valence-corrected chi connectivity index (χ3v) is 3.52. The van der Waals surface area contributed by atoms with Crippen LogP contribution in [0.1, 0.15) is 25.4 Å². The summed E-state index contributed by atoms with van der Waals surface area (Å²) in [7, 11) is 1.77. The molecule has 19 heavy (non-hydrogen) atoms. The number of aromatic nitrogens is 2. The van der Waals surface area contributed by atoms with Gasteiger partial charge in [-0.25, -0.2) is 9.97 Å². The van der Waals surface area contributed by atoms with Crippen molar-refractivity contribution in [3.8, 4) is 0 Å². The van der Waals surface area contributed by atoms with Gasteiger partial charge in [0, 0.05) is 30.6 Å². The maximum Gasteiger partial charge on any atom is 0.233 e. The van der Waals surface area contributed by atoms with Gasteiger partial charge in [-0.05, 0) is 6.92 Å². The second-order valence-electron chi connectivity index (χ2n) is 4.90. The zero-order valence-electron chi connectivity index (χ0n) is 11.6. The van der Waals surface area contributed by atoms with Gasteiger partial charge >= 0.3 is 0 Å². The quantitative estimate of drug-likeness (QED) is 0.821. The molecule has 1 saturated heterocycles. The Labute approximate surface area is 112 Å². The summed E-state index contributed by atoms with van der Waals surface area (Å²) in [6.07, 6.45) is 0. The molecule has 0 aliphatic carbocycles. The van der Waals surface area contributed by atoms with Gasteiger partial charge in [-0.15, -0.1) is 0 Å². The van der Waals surface area contributed by atoms with Crippen molar-refractivity contribution in [3.05, 3.63) is 17.6 Å². The number of nitrogens with zero attached hydrogens (tertiary/aromatic N) is 3. The van der Waals surface area contributed by atoms with Crippen molar-refractivity contribution in [1.82, 2.24) is 14.9 Å². The number of anilines is 1. The SMILES string of the molecule is CNc1cc(C)nc(CN2C(=O)C(C)C(C)C2=O)n1.